The lowest BCUT2D eigenvalue weighted by Crippen LogP contribution is -2.42. The van der Waals surface area contributed by atoms with Crippen LogP contribution in [0.1, 0.15) is 5.56 Å². The van der Waals surface area contributed by atoms with E-state index in [4.69, 9.17) is 16.3 Å². The van der Waals surface area contributed by atoms with Crippen molar-refractivity contribution in [3.05, 3.63) is 28.8 Å². The first-order valence-corrected chi connectivity index (χ1v) is 5.93. The lowest BCUT2D eigenvalue weighted by molar-refractivity contribution is 0.233. The van der Waals surface area contributed by atoms with Gasteiger partial charge < -0.3 is 10.1 Å². The number of halogens is 2. The van der Waals surface area contributed by atoms with E-state index in [1.54, 1.807) is 7.11 Å². The Morgan fingerprint density at radius 1 is 1.35 bits per heavy atom. The van der Waals surface area contributed by atoms with E-state index in [-0.39, 0.29) is 12.4 Å². The van der Waals surface area contributed by atoms with Crippen molar-refractivity contribution in [3.63, 3.8) is 0 Å². The number of nitrogens with zero attached hydrogens (tertiary/aromatic N) is 1. The summed E-state index contributed by atoms with van der Waals surface area (Å²) in [6.45, 7) is 5.22. The van der Waals surface area contributed by atoms with Gasteiger partial charge in [-0.2, -0.15) is 0 Å². The van der Waals surface area contributed by atoms with Gasteiger partial charge in [-0.15, -0.1) is 12.4 Å². The molecule has 0 unspecified atom stereocenters. The van der Waals surface area contributed by atoms with Gasteiger partial charge >= 0.3 is 0 Å². The Morgan fingerprint density at radius 2 is 2.06 bits per heavy atom. The Bertz CT molecular complexity index is 354. The van der Waals surface area contributed by atoms with Gasteiger partial charge in [-0.3, -0.25) is 4.90 Å². The van der Waals surface area contributed by atoms with Crippen LogP contribution in [-0.2, 0) is 6.54 Å². The summed E-state index contributed by atoms with van der Waals surface area (Å²) in [5.74, 6) is 0.814. The Labute approximate surface area is 113 Å². The Hall–Kier alpha value is -0.480. The number of nitrogens with one attached hydrogen (secondary N) is 1. The van der Waals surface area contributed by atoms with Gasteiger partial charge in [0.15, 0.2) is 0 Å². The van der Waals surface area contributed by atoms with E-state index in [0.717, 1.165) is 43.5 Å². The molecule has 0 spiro atoms. The van der Waals surface area contributed by atoms with Crippen molar-refractivity contribution in [2.24, 2.45) is 0 Å². The predicted octanol–water partition coefficient (Wildman–Crippen LogP) is 2.18. The van der Waals surface area contributed by atoms with Gasteiger partial charge in [-0.1, -0.05) is 17.7 Å². The van der Waals surface area contributed by atoms with Gasteiger partial charge in [0.1, 0.15) is 5.75 Å². The average molecular weight is 277 g/mol. The van der Waals surface area contributed by atoms with Crippen LogP contribution in [-0.4, -0.2) is 38.2 Å². The summed E-state index contributed by atoms with van der Waals surface area (Å²) >= 11 is 6.21. The minimum Gasteiger partial charge on any atom is -0.497 e. The summed E-state index contributed by atoms with van der Waals surface area (Å²) < 4.78 is 5.13. The van der Waals surface area contributed by atoms with Gasteiger partial charge in [0.05, 0.1) is 7.11 Å². The SMILES string of the molecule is COc1ccc(CN2CCNCC2)c(Cl)c1.Cl. The van der Waals surface area contributed by atoms with Gasteiger partial charge in [-0.25, -0.2) is 0 Å². The molecule has 1 aromatic carbocycles. The summed E-state index contributed by atoms with van der Waals surface area (Å²) in [5.41, 5.74) is 1.17. The molecule has 0 bridgehead atoms. The van der Waals surface area contributed by atoms with Crippen LogP contribution < -0.4 is 10.1 Å². The Morgan fingerprint density at radius 3 is 2.65 bits per heavy atom. The highest BCUT2D eigenvalue weighted by Crippen LogP contribution is 2.23. The smallest absolute Gasteiger partial charge is 0.120 e. The number of piperazine rings is 1. The van der Waals surface area contributed by atoms with E-state index in [2.05, 4.69) is 10.2 Å². The van der Waals surface area contributed by atoms with E-state index in [1.165, 1.54) is 5.56 Å². The molecule has 0 atom stereocenters. The molecular weight excluding hydrogens is 259 g/mol. The molecule has 0 amide bonds. The molecule has 17 heavy (non-hydrogen) atoms. The monoisotopic (exact) mass is 276 g/mol. The zero-order valence-corrected chi connectivity index (χ0v) is 11.5. The van der Waals surface area contributed by atoms with Gasteiger partial charge in [0.25, 0.3) is 0 Å². The second-order valence-corrected chi connectivity index (χ2v) is 4.39. The first-order valence-electron chi connectivity index (χ1n) is 5.55. The maximum atomic E-state index is 6.21. The fourth-order valence-corrected chi connectivity index (χ4v) is 2.12. The molecule has 1 saturated heterocycles. The number of ether oxygens (including phenoxy) is 1. The third-order valence-corrected chi connectivity index (χ3v) is 3.22. The van der Waals surface area contributed by atoms with E-state index in [0.29, 0.717) is 0 Å². The van der Waals surface area contributed by atoms with Crippen molar-refractivity contribution in [1.29, 1.82) is 0 Å². The van der Waals surface area contributed by atoms with Gasteiger partial charge in [-0.05, 0) is 17.7 Å². The average Bonchev–Trinajstić information content (AvgIpc) is 2.33. The molecule has 0 aromatic heterocycles. The lowest BCUT2D eigenvalue weighted by atomic mass is 10.2. The molecule has 0 aliphatic carbocycles. The largest absolute Gasteiger partial charge is 0.497 e. The molecule has 1 aliphatic heterocycles. The molecule has 5 heteroatoms. The minimum absolute atomic E-state index is 0. The Balaban J connectivity index is 0.00000144. The summed E-state index contributed by atoms with van der Waals surface area (Å²) in [5, 5.41) is 4.13. The first kappa shape index (κ1) is 14.6. The molecule has 0 radical (unpaired) electrons. The zero-order chi connectivity index (χ0) is 11.4. The first-order chi connectivity index (χ1) is 7.79. The molecule has 1 N–H and O–H groups in total. The van der Waals surface area contributed by atoms with E-state index < -0.39 is 0 Å². The van der Waals surface area contributed by atoms with Gasteiger partial charge in [0.2, 0.25) is 0 Å². The van der Waals surface area contributed by atoms with Crippen molar-refractivity contribution in [2.75, 3.05) is 33.3 Å². The van der Waals surface area contributed by atoms with Crippen LogP contribution >= 0.6 is 24.0 Å². The maximum Gasteiger partial charge on any atom is 0.120 e. The van der Waals surface area contributed by atoms with Crippen LogP contribution in [0.2, 0.25) is 5.02 Å². The third kappa shape index (κ3) is 4.03. The topological polar surface area (TPSA) is 24.5 Å². The second kappa shape index (κ2) is 7.07. The zero-order valence-electron chi connectivity index (χ0n) is 9.91. The summed E-state index contributed by atoms with van der Waals surface area (Å²) in [4.78, 5) is 2.41. The quantitative estimate of drug-likeness (QED) is 0.916. The van der Waals surface area contributed by atoms with Crippen LogP contribution in [0.4, 0.5) is 0 Å². The molecule has 1 heterocycles. The number of rotatable bonds is 3. The van der Waals surface area contributed by atoms with Crippen molar-refractivity contribution in [3.8, 4) is 5.75 Å². The number of benzene rings is 1. The van der Waals surface area contributed by atoms with Crippen LogP contribution in [0.25, 0.3) is 0 Å². The molecule has 96 valence electrons. The minimum atomic E-state index is 0. The van der Waals surface area contributed by atoms with E-state index in [9.17, 15) is 0 Å². The highest BCUT2D eigenvalue weighted by molar-refractivity contribution is 6.31. The second-order valence-electron chi connectivity index (χ2n) is 3.98. The highest BCUT2D eigenvalue weighted by atomic mass is 35.5. The van der Waals surface area contributed by atoms with Crippen LogP contribution in [0.5, 0.6) is 5.75 Å². The fraction of sp³-hybridized carbons (Fsp3) is 0.500. The van der Waals surface area contributed by atoms with Crippen molar-refractivity contribution < 1.29 is 4.74 Å². The fourth-order valence-electron chi connectivity index (χ4n) is 1.89. The lowest BCUT2D eigenvalue weighted by Gasteiger charge is -2.27. The number of hydrogen-bond acceptors (Lipinski definition) is 3. The summed E-state index contributed by atoms with van der Waals surface area (Å²) in [6, 6.07) is 5.88. The van der Waals surface area contributed by atoms with E-state index >= 15 is 0 Å². The summed E-state index contributed by atoms with van der Waals surface area (Å²) in [7, 11) is 1.65. The third-order valence-electron chi connectivity index (χ3n) is 2.86. The molecule has 1 aliphatic rings. The predicted molar refractivity (Wildman–Crippen MR) is 73.4 cm³/mol. The molecule has 3 nitrogen and oxygen atoms in total. The van der Waals surface area contributed by atoms with Crippen molar-refractivity contribution >= 4 is 24.0 Å². The number of hydrogen-bond donors (Lipinski definition) is 1. The highest BCUT2D eigenvalue weighted by Gasteiger charge is 2.11. The Kier molecular flexibility index (Phi) is 6.06. The van der Waals surface area contributed by atoms with Crippen LogP contribution in [0, 0.1) is 0 Å². The summed E-state index contributed by atoms with van der Waals surface area (Å²) in [6.07, 6.45) is 0. The van der Waals surface area contributed by atoms with E-state index in [1.807, 2.05) is 18.2 Å². The molecule has 2 rings (SSSR count). The van der Waals surface area contributed by atoms with Gasteiger partial charge in [0, 0.05) is 37.7 Å². The standard InChI is InChI=1S/C12H17ClN2O.ClH/c1-16-11-3-2-10(12(13)8-11)9-15-6-4-14-5-7-15;/h2-3,8,14H,4-7,9H2,1H3;1H. The molecule has 1 fully saturated rings. The van der Waals surface area contributed by atoms with Crippen LogP contribution in [0.3, 0.4) is 0 Å². The number of methoxy groups -OCH3 is 1. The maximum absolute atomic E-state index is 6.21. The van der Waals surface area contributed by atoms with Crippen molar-refractivity contribution in [1.82, 2.24) is 10.2 Å². The molecule has 0 saturated carbocycles. The van der Waals surface area contributed by atoms with Crippen molar-refractivity contribution in [2.45, 2.75) is 6.54 Å². The normalized spacial score (nSPS) is 16.4. The molecule has 1 aromatic rings. The van der Waals surface area contributed by atoms with Crippen LogP contribution in [0.15, 0.2) is 18.2 Å². The molecular formula is C12H18Cl2N2O.